The third kappa shape index (κ3) is 1.90. The van der Waals surface area contributed by atoms with Gasteiger partial charge in [-0.1, -0.05) is 12.1 Å². The minimum absolute atomic E-state index is 0.00258. The molecule has 23 heavy (non-hydrogen) atoms. The van der Waals surface area contributed by atoms with Gasteiger partial charge < -0.3 is 11.1 Å². The van der Waals surface area contributed by atoms with Crippen LogP contribution >= 0.6 is 0 Å². The van der Waals surface area contributed by atoms with Gasteiger partial charge in [0.2, 0.25) is 0 Å². The number of nitrogens with two attached hydrogens (primary N) is 1. The highest BCUT2D eigenvalue weighted by Gasteiger charge is 2.32. The van der Waals surface area contributed by atoms with Gasteiger partial charge in [0.25, 0.3) is 17.4 Å². The Balaban J connectivity index is 2.02. The molecule has 4 rings (SSSR count). The maximum absolute atomic E-state index is 12.5. The Morgan fingerprint density at radius 1 is 1.13 bits per heavy atom. The summed E-state index contributed by atoms with van der Waals surface area (Å²) < 4.78 is 1.32. The first-order valence-corrected chi connectivity index (χ1v) is 7.31. The largest absolute Gasteiger partial charge is 0.384 e. The molecule has 0 saturated carbocycles. The van der Waals surface area contributed by atoms with E-state index in [1.807, 2.05) is 18.2 Å². The molecule has 0 aliphatic carbocycles. The van der Waals surface area contributed by atoms with E-state index in [0.717, 1.165) is 30.6 Å². The van der Waals surface area contributed by atoms with Gasteiger partial charge in [0, 0.05) is 12.6 Å². The summed E-state index contributed by atoms with van der Waals surface area (Å²) in [5.41, 5.74) is 8.58. The van der Waals surface area contributed by atoms with Crippen LogP contribution in [0.5, 0.6) is 0 Å². The van der Waals surface area contributed by atoms with Crippen molar-refractivity contribution in [3.8, 4) is 5.69 Å². The lowest BCUT2D eigenvalue weighted by Gasteiger charge is -2.22. The van der Waals surface area contributed by atoms with Crippen LogP contribution in [0.15, 0.2) is 29.1 Å². The molecule has 2 aliphatic rings. The molecule has 0 saturated heterocycles. The zero-order valence-electron chi connectivity index (χ0n) is 12.2. The second-order valence-corrected chi connectivity index (χ2v) is 5.62. The predicted molar refractivity (Wildman–Crippen MR) is 83.7 cm³/mol. The SMILES string of the molecule is Nc1c2c(cc(=O)n1-c1cccc3c1CCNC3)C(=O)NC2=O. The topological polar surface area (TPSA) is 106 Å². The van der Waals surface area contributed by atoms with E-state index in [1.165, 1.54) is 10.6 Å². The molecule has 0 unspecified atom stereocenters. The summed E-state index contributed by atoms with van der Waals surface area (Å²) in [4.78, 5) is 36.2. The summed E-state index contributed by atoms with van der Waals surface area (Å²) in [6.07, 6.45) is 0.763. The minimum atomic E-state index is -0.583. The standard InChI is InChI=1S/C16H14N4O3/c17-14-13-10(15(22)19-16(13)23)6-12(21)20(14)11-3-1-2-8-7-18-5-4-9(8)11/h1-3,6,18H,4-5,7,17H2,(H,19,22,23). The molecule has 0 spiro atoms. The molecule has 0 radical (unpaired) electrons. The highest BCUT2D eigenvalue weighted by Crippen LogP contribution is 2.27. The number of hydrogen-bond donors (Lipinski definition) is 3. The number of pyridine rings is 1. The second-order valence-electron chi connectivity index (χ2n) is 5.62. The number of fused-ring (bicyclic) bond motifs is 2. The molecule has 1 aromatic heterocycles. The second kappa shape index (κ2) is 4.79. The monoisotopic (exact) mass is 310 g/mol. The van der Waals surface area contributed by atoms with E-state index in [4.69, 9.17) is 5.73 Å². The van der Waals surface area contributed by atoms with E-state index in [2.05, 4.69) is 10.6 Å². The van der Waals surface area contributed by atoms with Crippen LogP contribution in [0.2, 0.25) is 0 Å². The normalized spacial score (nSPS) is 16.0. The fourth-order valence-electron chi connectivity index (χ4n) is 3.25. The number of amides is 2. The van der Waals surface area contributed by atoms with Gasteiger partial charge >= 0.3 is 0 Å². The van der Waals surface area contributed by atoms with Gasteiger partial charge in [0.1, 0.15) is 5.82 Å². The molecule has 2 aromatic rings. The number of carbonyl (C=O) groups is 2. The van der Waals surface area contributed by atoms with Crippen LogP contribution in [-0.2, 0) is 13.0 Å². The Kier molecular flexibility index (Phi) is 2.85. The Hall–Kier alpha value is -2.93. The number of carbonyl (C=O) groups excluding carboxylic acids is 2. The molecule has 7 heteroatoms. The van der Waals surface area contributed by atoms with Gasteiger partial charge in [-0.05, 0) is 30.2 Å². The van der Waals surface area contributed by atoms with Crippen molar-refractivity contribution in [2.45, 2.75) is 13.0 Å². The summed E-state index contributed by atoms with van der Waals surface area (Å²) >= 11 is 0. The van der Waals surface area contributed by atoms with Gasteiger partial charge in [0.15, 0.2) is 0 Å². The highest BCUT2D eigenvalue weighted by molar-refractivity contribution is 6.23. The molecule has 3 heterocycles. The molecule has 0 fully saturated rings. The lowest BCUT2D eigenvalue weighted by Crippen LogP contribution is -2.29. The Morgan fingerprint density at radius 3 is 2.78 bits per heavy atom. The molecule has 4 N–H and O–H groups in total. The van der Waals surface area contributed by atoms with Crippen LogP contribution < -0.4 is 21.9 Å². The highest BCUT2D eigenvalue weighted by atomic mass is 16.2. The van der Waals surface area contributed by atoms with Crippen molar-refractivity contribution in [1.29, 1.82) is 0 Å². The molecule has 2 aliphatic heterocycles. The number of nitrogens with one attached hydrogen (secondary N) is 2. The van der Waals surface area contributed by atoms with Crippen molar-refractivity contribution in [2.75, 3.05) is 12.3 Å². The van der Waals surface area contributed by atoms with Gasteiger partial charge in [-0.25, -0.2) is 0 Å². The van der Waals surface area contributed by atoms with Crippen LogP contribution in [0.1, 0.15) is 31.8 Å². The number of hydrogen-bond acceptors (Lipinski definition) is 5. The number of rotatable bonds is 1. The first-order valence-electron chi connectivity index (χ1n) is 7.31. The lowest BCUT2D eigenvalue weighted by molar-refractivity contribution is 0.0880. The van der Waals surface area contributed by atoms with Crippen LogP contribution in [0.4, 0.5) is 5.82 Å². The van der Waals surface area contributed by atoms with Crippen LogP contribution in [-0.4, -0.2) is 22.9 Å². The van der Waals surface area contributed by atoms with Crippen molar-refractivity contribution >= 4 is 17.6 Å². The van der Waals surface area contributed by atoms with Gasteiger partial charge in [-0.3, -0.25) is 24.3 Å². The zero-order chi connectivity index (χ0) is 16.1. The third-order valence-electron chi connectivity index (χ3n) is 4.31. The van der Waals surface area contributed by atoms with E-state index in [9.17, 15) is 14.4 Å². The van der Waals surface area contributed by atoms with E-state index in [0.29, 0.717) is 5.69 Å². The first kappa shape index (κ1) is 13.7. The summed E-state index contributed by atoms with van der Waals surface area (Å²) in [6, 6.07) is 6.83. The van der Waals surface area contributed by atoms with Gasteiger partial charge in [0.05, 0.1) is 16.8 Å². The van der Waals surface area contributed by atoms with Crippen molar-refractivity contribution in [3.05, 3.63) is 56.9 Å². The quantitative estimate of drug-likeness (QED) is 0.640. The summed E-state index contributed by atoms with van der Waals surface area (Å²) in [5.74, 6) is -1.15. The van der Waals surface area contributed by atoms with E-state index in [-0.39, 0.29) is 16.9 Å². The summed E-state index contributed by atoms with van der Waals surface area (Å²) in [5, 5.41) is 5.45. The molecular weight excluding hydrogens is 296 g/mol. The maximum Gasteiger partial charge on any atom is 0.262 e. The number of benzene rings is 1. The van der Waals surface area contributed by atoms with Crippen LogP contribution in [0.25, 0.3) is 5.69 Å². The molecule has 0 bridgehead atoms. The van der Waals surface area contributed by atoms with Crippen LogP contribution in [0.3, 0.4) is 0 Å². The number of nitrogens with zero attached hydrogens (tertiary/aromatic N) is 1. The zero-order valence-corrected chi connectivity index (χ0v) is 12.2. The minimum Gasteiger partial charge on any atom is -0.384 e. The molecule has 2 amide bonds. The van der Waals surface area contributed by atoms with Gasteiger partial charge in [-0.2, -0.15) is 0 Å². The van der Waals surface area contributed by atoms with Crippen LogP contribution in [0, 0.1) is 0 Å². The molecular formula is C16H14N4O3. The Labute approximate surface area is 131 Å². The van der Waals surface area contributed by atoms with E-state index >= 15 is 0 Å². The molecule has 116 valence electrons. The summed E-state index contributed by atoms with van der Waals surface area (Å²) in [7, 11) is 0. The molecule has 1 aromatic carbocycles. The lowest BCUT2D eigenvalue weighted by atomic mass is 9.98. The van der Waals surface area contributed by atoms with Crippen molar-refractivity contribution in [1.82, 2.24) is 15.2 Å². The fraction of sp³-hybridized carbons (Fsp3) is 0.188. The Morgan fingerprint density at radius 2 is 1.96 bits per heavy atom. The van der Waals surface area contributed by atoms with Crippen molar-refractivity contribution in [3.63, 3.8) is 0 Å². The third-order valence-corrected chi connectivity index (χ3v) is 4.31. The van der Waals surface area contributed by atoms with Crippen molar-refractivity contribution in [2.24, 2.45) is 0 Å². The fourth-order valence-corrected chi connectivity index (χ4v) is 3.25. The average molecular weight is 310 g/mol. The smallest absolute Gasteiger partial charge is 0.262 e. The van der Waals surface area contributed by atoms with E-state index < -0.39 is 17.4 Å². The van der Waals surface area contributed by atoms with Gasteiger partial charge in [-0.15, -0.1) is 0 Å². The number of imide groups is 1. The Bertz CT molecular complexity index is 930. The number of nitrogen functional groups attached to an aromatic ring is 1. The van der Waals surface area contributed by atoms with Crippen molar-refractivity contribution < 1.29 is 9.59 Å². The molecule has 7 nitrogen and oxygen atoms in total. The summed E-state index contributed by atoms with van der Waals surface area (Å²) in [6.45, 7) is 1.53. The van der Waals surface area contributed by atoms with E-state index in [1.54, 1.807) is 0 Å². The molecule has 0 atom stereocenters. The number of anilines is 1. The predicted octanol–water partition coefficient (Wildman–Crippen LogP) is -0.0510. The average Bonchev–Trinajstić information content (AvgIpc) is 2.82. The number of aromatic nitrogens is 1. The maximum atomic E-state index is 12.5. The first-order chi connectivity index (χ1) is 11.1.